The van der Waals surface area contributed by atoms with E-state index in [9.17, 15) is 9.59 Å². The zero-order valence-corrected chi connectivity index (χ0v) is 16.3. The minimum atomic E-state index is -0.194. The Bertz CT molecular complexity index is 842. The molecule has 142 valence electrons. The van der Waals surface area contributed by atoms with Crippen LogP contribution in [-0.4, -0.2) is 34.9 Å². The van der Waals surface area contributed by atoms with Crippen LogP contribution in [0.3, 0.4) is 0 Å². The van der Waals surface area contributed by atoms with Crippen molar-refractivity contribution in [1.82, 2.24) is 9.88 Å². The van der Waals surface area contributed by atoms with Gasteiger partial charge < -0.3 is 15.5 Å². The standard InChI is InChI=1S/C20H24N4O2S/c1-13-5-2-7-15(11-13)21-20(26)24-10-4-6-14(12-24)18(25)23-19-22-16-8-3-9-17(16)27-19/h2,5,7,11,14H,3-4,6,8-10,12H2,1H3,(H,21,26)(H,22,23,25). The van der Waals surface area contributed by atoms with Crippen LogP contribution < -0.4 is 10.6 Å². The number of piperidine rings is 1. The number of hydrogen-bond donors (Lipinski definition) is 2. The molecule has 27 heavy (non-hydrogen) atoms. The number of likely N-dealkylation sites (tertiary alicyclic amines) is 1. The van der Waals surface area contributed by atoms with Crippen LogP contribution in [0.4, 0.5) is 15.6 Å². The van der Waals surface area contributed by atoms with Gasteiger partial charge in [-0.2, -0.15) is 0 Å². The van der Waals surface area contributed by atoms with E-state index in [-0.39, 0.29) is 17.9 Å². The summed E-state index contributed by atoms with van der Waals surface area (Å²) in [6.07, 6.45) is 4.87. The Balaban J connectivity index is 1.35. The smallest absolute Gasteiger partial charge is 0.321 e. The fourth-order valence-corrected chi connectivity index (χ4v) is 4.81. The Labute approximate surface area is 163 Å². The lowest BCUT2D eigenvalue weighted by atomic mass is 9.97. The van der Waals surface area contributed by atoms with Gasteiger partial charge in [0.1, 0.15) is 0 Å². The number of aryl methyl sites for hydroxylation is 3. The number of urea groups is 1. The minimum Gasteiger partial charge on any atom is -0.324 e. The second kappa shape index (κ2) is 7.68. The van der Waals surface area contributed by atoms with E-state index < -0.39 is 0 Å². The van der Waals surface area contributed by atoms with Gasteiger partial charge in [0.2, 0.25) is 5.91 Å². The van der Waals surface area contributed by atoms with Gasteiger partial charge in [-0.1, -0.05) is 12.1 Å². The molecule has 2 heterocycles. The molecule has 4 rings (SSSR count). The molecule has 1 atom stereocenters. The number of carbonyl (C=O) groups excluding carboxylic acids is 2. The van der Waals surface area contributed by atoms with Gasteiger partial charge in [0.25, 0.3) is 0 Å². The van der Waals surface area contributed by atoms with Crippen LogP contribution in [0, 0.1) is 12.8 Å². The van der Waals surface area contributed by atoms with Gasteiger partial charge in [-0.05, 0) is 56.7 Å². The maximum atomic E-state index is 12.7. The fourth-order valence-electron chi connectivity index (χ4n) is 3.75. The number of rotatable bonds is 3. The molecule has 0 bridgehead atoms. The van der Waals surface area contributed by atoms with Crippen LogP contribution in [0.1, 0.15) is 35.4 Å². The number of nitrogens with zero attached hydrogens (tertiary/aromatic N) is 2. The van der Waals surface area contributed by atoms with Gasteiger partial charge in [0.15, 0.2) is 5.13 Å². The molecule has 2 aliphatic rings. The zero-order valence-electron chi connectivity index (χ0n) is 15.5. The molecule has 1 aliphatic carbocycles. The van der Waals surface area contributed by atoms with E-state index >= 15 is 0 Å². The fraction of sp³-hybridized carbons (Fsp3) is 0.450. The summed E-state index contributed by atoms with van der Waals surface area (Å²) in [4.78, 5) is 32.8. The van der Waals surface area contributed by atoms with Gasteiger partial charge in [-0.15, -0.1) is 11.3 Å². The van der Waals surface area contributed by atoms with Crippen LogP contribution in [0.15, 0.2) is 24.3 Å². The molecule has 0 saturated carbocycles. The van der Waals surface area contributed by atoms with Crippen molar-refractivity contribution in [2.24, 2.45) is 5.92 Å². The molecule has 1 aromatic carbocycles. The van der Waals surface area contributed by atoms with Crippen molar-refractivity contribution < 1.29 is 9.59 Å². The molecule has 1 unspecified atom stereocenters. The SMILES string of the molecule is Cc1cccc(NC(=O)N2CCCC(C(=O)Nc3nc4c(s3)CCC4)C2)c1. The quantitative estimate of drug-likeness (QED) is 0.845. The highest BCUT2D eigenvalue weighted by Crippen LogP contribution is 2.31. The van der Waals surface area contributed by atoms with Gasteiger partial charge >= 0.3 is 6.03 Å². The maximum Gasteiger partial charge on any atom is 0.321 e. The predicted octanol–water partition coefficient (Wildman–Crippen LogP) is 3.82. The average Bonchev–Trinajstić information content (AvgIpc) is 3.23. The van der Waals surface area contributed by atoms with Gasteiger partial charge in [-0.25, -0.2) is 9.78 Å². The average molecular weight is 385 g/mol. The second-order valence-corrected chi connectivity index (χ2v) is 8.40. The summed E-state index contributed by atoms with van der Waals surface area (Å²) in [6.45, 7) is 3.10. The number of nitrogens with one attached hydrogen (secondary N) is 2. The molecule has 7 heteroatoms. The lowest BCUT2D eigenvalue weighted by molar-refractivity contribution is -0.121. The first-order chi connectivity index (χ1) is 13.1. The van der Waals surface area contributed by atoms with E-state index in [2.05, 4.69) is 15.6 Å². The van der Waals surface area contributed by atoms with E-state index in [4.69, 9.17) is 0 Å². The molecule has 2 N–H and O–H groups in total. The van der Waals surface area contributed by atoms with Crippen molar-refractivity contribution in [2.45, 2.75) is 39.0 Å². The molecule has 0 radical (unpaired) electrons. The third-order valence-electron chi connectivity index (χ3n) is 5.17. The summed E-state index contributed by atoms with van der Waals surface area (Å²) in [5.41, 5.74) is 3.01. The summed E-state index contributed by atoms with van der Waals surface area (Å²) >= 11 is 1.59. The number of fused-ring (bicyclic) bond motifs is 1. The molecule has 1 aliphatic heterocycles. The Morgan fingerprint density at radius 2 is 2.11 bits per heavy atom. The van der Waals surface area contributed by atoms with E-state index in [1.807, 2.05) is 31.2 Å². The Kier molecular flexibility index (Phi) is 5.11. The highest BCUT2D eigenvalue weighted by molar-refractivity contribution is 7.15. The third-order valence-corrected chi connectivity index (χ3v) is 6.25. The van der Waals surface area contributed by atoms with Crippen LogP contribution in [0.25, 0.3) is 0 Å². The van der Waals surface area contributed by atoms with E-state index in [0.717, 1.165) is 49.0 Å². The topological polar surface area (TPSA) is 74.3 Å². The Morgan fingerprint density at radius 1 is 1.22 bits per heavy atom. The summed E-state index contributed by atoms with van der Waals surface area (Å²) in [6, 6.07) is 7.58. The van der Waals surface area contributed by atoms with Crippen LogP contribution in [0.5, 0.6) is 0 Å². The predicted molar refractivity (Wildman–Crippen MR) is 107 cm³/mol. The lowest BCUT2D eigenvalue weighted by Crippen LogP contribution is -2.45. The first-order valence-electron chi connectivity index (χ1n) is 9.50. The highest BCUT2D eigenvalue weighted by atomic mass is 32.1. The molecular weight excluding hydrogens is 360 g/mol. The number of hydrogen-bond acceptors (Lipinski definition) is 4. The van der Waals surface area contributed by atoms with Crippen molar-refractivity contribution in [3.05, 3.63) is 40.4 Å². The summed E-state index contributed by atoms with van der Waals surface area (Å²) < 4.78 is 0. The largest absolute Gasteiger partial charge is 0.324 e. The van der Waals surface area contributed by atoms with E-state index in [0.29, 0.717) is 18.2 Å². The molecule has 2 aromatic rings. The second-order valence-electron chi connectivity index (χ2n) is 7.32. The molecule has 3 amide bonds. The molecule has 1 aromatic heterocycles. The normalized spacial score (nSPS) is 18.9. The maximum absolute atomic E-state index is 12.7. The molecule has 0 spiro atoms. The van der Waals surface area contributed by atoms with Crippen molar-refractivity contribution in [3.63, 3.8) is 0 Å². The van der Waals surface area contributed by atoms with Crippen LogP contribution in [-0.2, 0) is 17.6 Å². The monoisotopic (exact) mass is 384 g/mol. The van der Waals surface area contributed by atoms with Crippen LogP contribution in [0.2, 0.25) is 0 Å². The number of aromatic nitrogens is 1. The minimum absolute atomic E-state index is 0.0320. The van der Waals surface area contributed by atoms with Gasteiger partial charge in [0, 0.05) is 23.7 Å². The first kappa shape index (κ1) is 18.0. The first-order valence-corrected chi connectivity index (χ1v) is 10.3. The number of thiazole rings is 1. The summed E-state index contributed by atoms with van der Waals surface area (Å²) in [7, 11) is 0. The molecule has 6 nitrogen and oxygen atoms in total. The summed E-state index contributed by atoms with van der Waals surface area (Å²) in [5.74, 6) is -0.226. The lowest BCUT2D eigenvalue weighted by Gasteiger charge is -2.31. The van der Waals surface area contributed by atoms with Gasteiger partial charge in [0.05, 0.1) is 11.6 Å². The molecule has 1 saturated heterocycles. The van der Waals surface area contributed by atoms with Crippen molar-refractivity contribution in [2.75, 3.05) is 23.7 Å². The zero-order chi connectivity index (χ0) is 18.8. The van der Waals surface area contributed by atoms with Gasteiger partial charge in [-0.3, -0.25) is 4.79 Å². The third kappa shape index (κ3) is 4.13. The molecular formula is C20H24N4O2S. The van der Waals surface area contributed by atoms with E-state index in [1.54, 1.807) is 16.2 Å². The number of benzene rings is 1. The van der Waals surface area contributed by atoms with Crippen molar-refractivity contribution in [1.29, 1.82) is 0 Å². The number of amides is 3. The number of carbonyl (C=O) groups is 2. The van der Waals surface area contributed by atoms with Crippen LogP contribution >= 0.6 is 11.3 Å². The Hall–Kier alpha value is -2.41. The number of anilines is 2. The van der Waals surface area contributed by atoms with E-state index in [1.165, 1.54) is 4.88 Å². The highest BCUT2D eigenvalue weighted by Gasteiger charge is 2.29. The Morgan fingerprint density at radius 3 is 2.93 bits per heavy atom. The van der Waals surface area contributed by atoms with Crippen molar-refractivity contribution >= 4 is 34.1 Å². The van der Waals surface area contributed by atoms with Crippen molar-refractivity contribution in [3.8, 4) is 0 Å². The summed E-state index contributed by atoms with van der Waals surface area (Å²) in [5, 5.41) is 6.60. The molecule has 1 fully saturated rings.